The second-order valence-corrected chi connectivity index (χ2v) is 13.5. The minimum atomic E-state index is -1.36. The van der Waals surface area contributed by atoms with Gasteiger partial charge in [0.05, 0.1) is 31.5 Å². The summed E-state index contributed by atoms with van der Waals surface area (Å²) in [5.41, 5.74) is -0.122. The number of carbonyl (C=O) groups is 1. The summed E-state index contributed by atoms with van der Waals surface area (Å²) in [4.78, 5) is 16.3. The zero-order valence-electron chi connectivity index (χ0n) is 25.6. The summed E-state index contributed by atoms with van der Waals surface area (Å²) in [7, 11) is 8.71. The van der Waals surface area contributed by atoms with Gasteiger partial charge in [-0.05, 0) is 56.0 Å². The predicted octanol–water partition coefficient (Wildman–Crippen LogP) is 2.95. The van der Waals surface area contributed by atoms with E-state index < -0.39 is 23.8 Å². The largest absolute Gasteiger partial charge is 0.497 e. The molecule has 1 aromatic rings. The van der Waals surface area contributed by atoms with Crippen LogP contribution in [0.2, 0.25) is 0 Å². The number of fused-ring (bicyclic) bond motifs is 2. The zero-order chi connectivity index (χ0) is 29.6. The molecule has 1 spiro atoms. The molecule has 7 bridgehead atoms. The van der Waals surface area contributed by atoms with E-state index in [9.17, 15) is 9.90 Å². The van der Waals surface area contributed by atoms with E-state index in [0.717, 1.165) is 25.9 Å². The quantitative estimate of drug-likeness (QED) is 0.348. The first-order chi connectivity index (χ1) is 20.3. The summed E-state index contributed by atoms with van der Waals surface area (Å²) in [6, 6.07) is 7.10. The van der Waals surface area contributed by atoms with E-state index >= 15 is 0 Å². The first-order valence-electron chi connectivity index (χ1n) is 15.4. The Hall–Kier alpha value is -2.01. The number of methoxy groups -OCH3 is 5. The lowest BCUT2D eigenvalue weighted by Gasteiger charge is -2.67. The summed E-state index contributed by atoms with van der Waals surface area (Å²) in [6.45, 7) is 4.77. The van der Waals surface area contributed by atoms with Gasteiger partial charge in [0, 0.05) is 69.6 Å². The first-order valence-corrected chi connectivity index (χ1v) is 15.4. The Balaban J connectivity index is 1.39. The summed E-state index contributed by atoms with van der Waals surface area (Å²) >= 11 is 0. The highest BCUT2D eigenvalue weighted by Crippen LogP contribution is 2.78. The van der Waals surface area contributed by atoms with Gasteiger partial charge in [0.1, 0.15) is 23.6 Å². The van der Waals surface area contributed by atoms with Crippen molar-refractivity contribution in [2.24, 2.45) is 34.5 Å². The Morgan fingerprint density at radius 3 is 2.43 bits per heavy atom. The van der Waals surface area contributed by atoms with Gasteiger partial charge < -0.3 is 33.5 Å². The SMILES string of the molecule is CCN1C[C@]2(COC)CC[C@H](OC)[C@@]34[C@@H]5C[C@]6(O)[C@@H](OC)C=C([C@H]5[C@H]6OC(=O)c5ccc(OC)cc5)[C@@H]([C@H](OC)[C@H]23)[C@@H]14. The van der Waals surface area contributed by atoms with Crippen LogP contribution in [-0.4, -0.2) is 107 Å². The molecular formula is C33H45NO8. The molecule has 4 saturated carbocycles. The van der Waals surface area contributed by atoms with Crippen LogP contribution < -0.4 is 4.74 Å². The Kier molecular flexibility index (Phi) is 6.85. The number of rotatable bonds is 9. The first kappa shape index (κ1) is 28.7. The molecule has 42 heavy (non-hydrogen) atoms. The molecule has 12 atom stereocenters. The number of ether oxygens (including phenoxy) is 6. The van der Waals surface area contributed by atoms with Gasteiger partial charge in [-0.1, -0.05) is 18.6 Å². The van der Waals surface area contributed by atoms with Crippen LogP contribution in [0.15, 0.2) is 35.9 Å². The molecule has 9 heteroatoms. The van der Waals surface area contributed by atoms with Crippen LogP contribution >= 0.6 is 0 Å². The van der Waals surface area contributed by atoms with Crippen molar-refractivity contribution in [1.29, 1.82) is 0 Å². The number of piperidine rings is 1. The minimum absolute atomic E-state index is 0.0112. The minimum Gasteiger partial charge on any atom is -0.497 e. The van der Waals surface area contributed by atoms with Crippen molar-refractivity contribution in [3.8, 4) is 5.75 Å². The molecule has 9 nitrogen and oxygen atoms in total. The maximum absolute atomic E-state index is 13.6. The van der Waals surface area contributed by atoms with Crippen molar-refractivity contribution in [3.63, 3.8) is 0 Å². The Morgan fingerprint density at radius 1 is 1.05 bits per heavy atom. The second-order valence-electron chi connectivity index (χ2n) is 13.5. The van der Waals surface area contributed by atoms with E-state index in [1.54, 1.807) is 45.6 Å². The van der Waals surface area contributed by atoms with Gasteiger partial charge >= 0.3 is 5.97 Å². The van der Waals surface area contributed by atoms with Gasteiger partial charge in [-0.25, -0.2) is 4.79 Å². The molecule has 0 unspecified atom stereocenters. The molecule has 5 fully saturated rings. The summed E-state index contributed by atoms with van der Waals surface area (Å²) in [5, 5.41) is 12.5. The fourth-order valence-electron chi connectivity index (χ4n) is 11.4. The summed E-state index contributed by atoms with van der Waals surface area (Å²) < 4.78 is 36.6. The van der Waals surface area contributed by atoms with E-state index in [0.29, 0.717) is 24.3 Å². The molecule has 6 aliphatic rings. The van der Waals surface area contributed by atoms with E-state index in [4.69, 9.17) is 28.4 Å². The molecule has 1 N–H and O–H groups in total. The van der Waals surface area contributed by atoms with E-state index in [1.165, 1.54) is 5.57 Å². The molecule has 1 saturated heterocycles. The third-order valence-electron chi connectivity index (χ3n) is 12.4. The van der Waals surface area contributed by atoms with Gasteiger partial charge in [-0.3, -0.25) is 4.90 Å². The molecule has 1 heterocycles. The van der Waals surface area contributed by atoms with Gasteiger partial charge in [-0.2, -0.15) is 0 Å². The molecule has 7 rings (SSSR count). The Bertz CT molecular complexity index is 1250. The topological polar surface area (TPSA) is 95.9 Å². The number of nitrogens with zero attached hydrogens (tertiary/aromatic N) is 1. The number of hydrogen-bond acceptors (Lipinski definition) is 9. The number of aliphatic hydroxyl groups is 1. The predicted molar refractivity (Wildman–Crippen MR) is 153 cm³/mol. The van der Waals surface area contributed by atoms with Crippen molar-refractivity contribution in [2.75, 3.05) is 55.2 Å². The van der Waals surface area contributed by atoms with E-state index in [1.807, 2.05) is 14.2 Å². The molecule has 0 aromatic heterocycles. The van der Waals surface area contributed by atoms with Crippen LogP contribution in [0.4, 0.5) is 0 Å². The Labute approximate surface area is 248 Å². The van der Waals surface area contributed by atoms with Crippen molar-refractivity contribution < 1.29 is 38.3 Å². The highest BCUT2D eigenvalue weighted by atomic mass is 16.6. The standard InChI is InChI=1S/C33H45NO8/c1-7-34-16-31(17-37-2)13-12-22(39-4)33-21-15-32(36)23(40-5)14-20(25(28(33)34)26(41-6)27(31)33)24(21)29(32)42-30(35)18-8-10-19(38-3)11-9-18/h8-11,14,21-29,36H,7,12-13,15-17H2,1-6H3/t21-,22+,23+,24-,25+,26+,27-,28-,29-,31+,32+,33+/m1/s1. The lowest BCUT2D eigenvalue weighted by molar-refractivity contribution is -0.242. The average molecular weight is 584 g/mol. The van der Waals surface area contributed by atoms with Crippen LogP contribution in [-0.2, 0) is 23.7 Å². The van der Waals surface area contributed by atoms with Crippen LogP contribution in [0.25, 0.3) is 0 Å². The highest BCUT2D eigenvalue weighted by molar-refractivity contribution is 5.89. The van der Waals surface area contributed by atoms with Crippen molar-refractivity contribution in [2.45, 2.75) is 62.2 Å². The maximum atomic E-state index is 13.6. The van der Waals surface area contributed by atoms with Crippen LogP contribution in [0.1, 0.15) is 36.5 Å². The Morgan fingerprint density at radius 2 is 1.81 bits per heavy atom. The van der Waals surface area contributed by atoms with Crippen molar-refractivity contribution in [1.82, 2.24) is 4.90 Å². The number of likely N-dealkylation sites (tertiary alicyclic amines) is 1. The number of hydrogen-bond donors (Lipinski definition) is 1. The lowest BCUT2D eigenvalue weighted by atomic mass is 9.44. The maximum Gasteiger partial charge on any atom is 0.338 e. The molecule has 0 radical (unpaired) electrons. The molecule has 1 aromatic carbocycles. The van der Waals surface area contributed by atoms with E-state index in [2.05, 4.69) is 17.9 Å². The fraction of sp³-hybridized carbons (Fsp3) is 0.727. The van der Waals surface area contributed by atoms with Crippen molar-refractivity contribution in [3.05, 3.63) is 41.5 Å². The van der Waals surface area contributed by atoms with Crippen LogP contribution in [0, 0.1) is 34.5 Å². The lowest BCUT2D eigenvalue weighted by Crippen LogP contribution is -2.73. The van der Waals surface area contributed by atoms with Gasteiger partial charge in [0.15, 0.2) is 0 Å². The third kappa shape index (κ3) is 3.38. The average Bonchev–Trinajstić information content (AvgIpc) is 3.34. The third-order valence-corrected chi connectivity index (χ3v) is 12.4. The van der Waals surface area contributed by atoms with Gasteiger partial charge in [-0.15, -0.1) is 0 Å². The second kappa shape index (κ2) is 10.0. The van der Waals surface area contributed by atoms with Crippen LogP contribution in [0.3, 0.4) is 0 Å². The normalized spacial score (nSPS) is 46.4. The monoisotopic (exact) mass is 583 g/mol. The van der Waals surface area contributed by atoms with Gasteiger partial charge in [0.25, 0.3) is 0 Å². The molecule has 230 valence electrons. The van der Waals surface area contributed by atoms with E-state index in [-0.39, 0.29) is 52.8 Å². The number of carbonyl (C=O) groups excluding carboxylic acids is 1. The van der Waals surface area contributed by atoms with Crippen molar-refractivity contribution >= 4 is 5.97 Å². The molecule has 1 aliphatic heterocycles. The molecule has 5 aliphatic carbocycles. The molecule has 0 amide bonds. The summed E-state index contributed by atoms with van der Waals surface area (Å²) in [6.07, 6.45) is 3.14. The smallest absolute Gasteiger partial charge is 0.338 e. The zero-order valence-corrected chi connectivity index (χ0v) is 25.6. The van der Waals surface area contributed by atoms with Crippen LogP contribution in [0.5, 0.6) is 5.75 Å². The highest BCUT2D eigenvalue weighted by Gasteiger charge is 2.84. The summed E-state index contributed by atoms with van der Waals surface area (Å²) in [5.74, 6) is 0.331. The molecular weight excluding hydrogens is 538 g/mol. The number of benzene rings is 1. The van der Waals surface area contributed by atoms with Gasteiger partial charge in [0.2, 0.25) is 0 Å². The fourth-order valence-corrected chi connectivity index (χ4v) is 11.4. The number of esters is 1.